The van der Waals surface area contributed by atoms with Crippen LogP contribution in [0.1, 0.15) is 15.9 Å². The van der Waals surface area contributed by atoms with E-state index in [1.807, 2.05) is 0 Å². The van der Waals surface area contributed by atoms with E-state index in [1.165, 1.54) is 17.9 Å². The normalized spacial score (nSPS) is 17.0. The Bertz CT molecular complexity index is 671. The van der Waals surface area contributed by atoms with Gasteiger partial charge in [-0.1, -0.05) is 6.07 Å². The highest BCUT2D eigenvalue weighted by molar-refractivity contribution is 7.86. The predicted octanol–water partition coefficient (Wildman–Crippen LogP) is 0.235. The van der Waals surface area contributed by atoms with E-state index in [9.17, 15) is 22.0 Å². The molecule has 1 aliphatic heterocycles. The maximum Gasteiger partial charge on any atom is 0.277 e. The summed E-state index contributed by atoms with van der Waals surface area (Å²) in [5.41, 5.74) is -0.443. The molecule has 1 saturated heterocycles. The minimum absolute atomic E-state index is 0.000370. The second-order valence-electron chi connectivity index (χ2n) is 4.79. The zero-order valence-corrected chi connectivity index (χ0v) is 12.2. The summed E-state index contributed by atoms with van der Waals surface area (Å²) in [4.78, 5) is 13.4. The number of nitrogens with two attached hydrogens (primary N) is 1. The Morgan fingerprint density at radius 1 is 1.19 bits per heavy atom. The first kappa shape index (κ1) is 15.8. The lowest BCUT2D eigenvalue weighted by molar-refractivity contribution is 0.0687. The first-order valence-corrected chi connectivity index (χ1v) is 7.74. The molecule has 0 atom stereocenters. The van der Waals surface area contributed by atoms with Crippen LogP contribution in [-0.4, -0.2) is 49.7 Å². The lowest BCUT2D eigenvalue weighted by Gasteiger charge is -2.33. The smallest absolute Gasteiger partial charge is 0.277 e. The zero-order chi connectivity index (χ0) is 15.8. The maximum atomic E-state index is 13.9. The van der Waals surface area contributed by atoms with Crippen LogP contribution in [0.5, 0.6) is 0 Å². The summed E-state index contributed by atoms with van der Waals surface area (Å²) >= 11 is 0. The maximum absolute atomic E-state index is 13.9. The zero-order valence-electron chi connectivity index (χ0n) is 11.3. The Hall–Kier alpha value is -1.58. The highest BCUT2D eigenvalue weighted by Crippen LogP contribution is 2.19. The number of piperazine rings is 1. The van der Waals surface area contributed by atoms with Gasteiger partial charge >= 0.3 is 0 Å². The van der Waals surface area contributed by atoms with Gasteiger partial charge < -0.3 is 4.90 Å². The molecule has 1 aromatic carbocycles. The number of benzene rings is 1. The van der Waals surface area contributed by atoms with Crippen molar-refractivity contribution in [2.45, 2.75) is 6.92 Å². The summed E-state index contributed by atoms with van der Waals surface area (Å²) in [7, 11) is -3.82. The topological polar surface area (TPSA) is 83.7 Å². The fourth-order valence-corrected chi connectivity index (χ4v) is 2.83. The highest BCUT2D eigenvalue weighted by Gasteiger charge is 2.30. The minimum atomic E-state index is -3.82. The summed E-state index contributed by atoms with van der Waals surface area (Å²) in [5.74, 6) is -2.62. The number of nitrogens with zero attached hydrogens (tertiary/aromatic N) is 2. The number of hydrogen-bond donors (Lipinski definition) is 1. The average Bonchev–Trinajstić information content (AvgIpc) is 2.42. The third-order valence-electron chi connectivity index (χ3n) is 3.38. The molecular formula is C12H15F2N3O3S. The molecule has 9 heteroatoms. The van der Waals surface area contributed by atoms with Crippen LogP contribution in [0.4, 0.5) is 8.78 Å². The summed E-state index contributed by atoms with van der Waals surface area (Å²) in [6, 6.07) is 2.28. The summed E-state index contributed by atoms with van der Waals surface area (Å²) in [6.07, 6.45) is 0. The van der Waals surface area contributed by atoms with Crippen LogP contribution in [-0.2, 0) is 10.2 Å². The highest BCUT2D eigenvalue weighted by atomic mass is 32.2. The number of halogens is 2. The van der Waals surface area contributed by atoms with Gasteiger partial charge in [0, 0.05) is 26.2 Å². The Labute approximate surface area is 121 Å². The van der Waals surface area contributed by atoms with Gasteiger partial charge in [-0.2, -0.15) is 12.7 Å². The fraction of sp³-hybridized carbons (Fsp3) is 0.417. The molecular weight excluding hydrogens is 304 g/mol. The van der Waals surface area contributed by atoms with Crippen molar-refractivity contribution in [2.75, 3.05) is 26.2 Å². The van der Waals surface area contributed by atoms with Gasteiger partial charge in [-0.3, -0.25) is 4.79 Å². The molecule has 0 saturated carbocycles. The molecule has 1 fully saturated rings. The van der Waals surface area contributed by atoms with Crippen molar-refractivity contribution in [2.24, 2.45) is 5.14 Å². The first-order valence-electron chi connectivity index (χ1n) is 6.23. The molecule has 0 spiro atoms. The molecule has 0 unspecified atom stereocenters. The van der Waals surface area contributed by atoms with Crippen molar-refractivity contribution in [3.8, 4) is 0 Å². The van der Waals surface area contributed by atoms with Crippen molar-refractivity contribution in [3.63, 3.8) is 0 Å². The molecule has 1 amide bonds. The van der Waals surface area contributed by atoms with Gasteiger partial charge in [0.25, 0.3) is 16.1 Å². The van der Waals surface area contributed by atoms with Crippen LogP contribution in [0.25, 0.3) is 0 Å². The second kappa shape index (κ2) is 5.66. The third-order valence-corrected chi connectivity index (χ3v) is 4.47. The van der Waals surface area contributed by atoms with E-state index in [4.69, 9.17) is 5.14 Å². The lowest BCUT2D eigenvalue weighted by Crippen LogP contribution is -2.52. The SMILES string of the molecule is Cc1ccc(F)c(C(=O)N2CCN(S(N)(=O)=O)CC2)c1F. The van der Waals surface area contributed by atoms with Crippen LogP contribution in [0, 0.1) is 18.6 Å². The van der Waals surface area contributed by atoms with Gasteiger partial charge in [-0.05, 0) is 18.6 Å². The molecule has 0 bridgehead atoms. The molecule has 1 aromatic rings. The monoisotopic (exact) mass is 319 g/mol. The largest absolute Gasteiger partial charge is 0.336 e. The van der Waals surface area contributed by atoms with E-state index in [-0.39, 0.29) is 31.7 Å². The van der Waals surface area contributed by atoms with E-state index in [1.54, 1.807) is 0 Å². The summed E-state index contributed by atoms with van der Waals surface area (Å²) < 4.78 is 51.0. The molecule has 2 N–H and O–H groups in total. The van der Waals surface area contributed by atoms with Gasteiger partial charge in [0.15, 0.2) is 0 Å². The predicted molar refractivity (Wildman–Crippen MR) is 71.7 cm³/mol. The molecule has 116 valence electrons. The fourth-order valence-electron chi connectivity index (χ4n) is 2.16. The first-order chi connectivity index (χ1) is 9.71. The summed E-state index contributed by atoms with van der Waals surface area (Å²) in [5, 5.41) is 4.99. The molecule has 0 aliphatic carbocycles. The number of hydrogen-bond acceptors (Lipinski definition) is 3. The number of rotatable bonds is 2. The average molecular weight is 319 g/mol. The quantitative estimate of drug-likeness (QED) is 0.847. The number of aryl methyl sites for hydroxylation is 1. The Balaban J connectivity index is 2.19. The molecule has 1 aliphatic rings. The molecule has 21 heavy (non-hydrogen) atoms. The number of carbonyl (C=O) groups is 1. The molecule has 1 heterocycles. The van der Waals surface area contributed by atoms with Crippen LogP contribution < -0.4 is 5.14 Å². The van der Waals surface area contributed by atoms with Crippen molar-refractivity contribution in [3.05, 3.63) is 34.9 Å². The van der Waals surface area contributed by atoms with E-state index < -0.39 is 33.3 Å². The number of carbonyl (C=O) groups excluding carboxylic acids is 1. The van der Waals surface area contributed by atoms with Gasteiger partial charge in [0.05, 0.1) is 0 Å². The lowest BCUT2D eigenvalue weighted by atomic mass is 10.1. The summed E-state index contributed by atoms with van der Waals surface area (Å²) in [6.45, 7) is 1.49. The van der Waals surface area contributed by atoms with E-state index in [2.05, 4.69) is 0 Å². The van der Waals surface area contributed by atoms with Crippen LogP contribution >= 0.6 is 0 Å². The van der Waals surface area contributed by atoms with Gasteiger partial charge in [0.1, 0.15) is 17.2 Å². The van der Waals surface area contributed by atoms with E-state index >= 15 is 0 Å². The molecule has 0 aromatic heterocycles. The Morgan fingerprint density at radius 2 is 1.76 bits per heavy atom. The molecule has 0 radical (unpaired) electrons. The van der Waals surface area contributed by atoms with E-state index in [0.29, 0.717) is 0 Å². The van der Waals surface area contributed by atoms with Gasteiger partial charge in [-0.25, -0.2) is 13.9 Å². The third kappa shape index (κ3) is 3.20. The van der Waals surface area contributed by atoms with Gasteiger partial charge in [-0.15, -0.1) is 0 Å². The van der Waals surface area contributed by atoms with Crippen LogP contribution in [0.2, 0.25) is 0 Å². The minimum Gasteiger partial charge on any atom is -0.336 e. The Kier molecular flexibility index (Phi) is 4.26. The van der Waals surface area contributed by atoms with Crippen molar-refractivity contribution in [1.29, 1.82) is 0 Å². The van der Waals surface area contributed by atoms with Crippen molar-refractivity contribution < 1.29 is 22.0 Å². The van der Waals surface area contributed by atoms with Gasteiger partial charge in [0.2, 0.25) is 0 Å². The molecule has 2 rings (SSSR count). The Morgan fingerprint density at radius 3 is 2.29 bits per heavy atom. The van der Waals surface area contributed by atoms with Crippen LogP contribution in [0.3, 0.4) is 0 Å². The van der Waals surface area contributed by atoms with Crippen LogP contribution in [0.15, 0.2) is 12.1 Å². The standard InChI is InChI=1S/C12H15F2N3O3S/c1-8-2-3-9(13)10(11(8)14)12(18)16-4-6-17(7-5-16)21(15,19)20/h2-3H,4-7H2,1H3,(H2,15,19,20). The number of amides is 1. The molecule has 6 nitrogen and oxygen atoms in total. The van der Waals surface area contributed by atoms with Crippen molar-refractivity contribution in [1.82, 2.24) is 9.21 Å². The van der Waals surface area contributed by atoms with Crippen molar-refractivity contribution >= 4 is 16.1 Å². The van der Waals surface area contributed by atoms with E-state index in [0.717, 1.165) is 10.4 Å². The second-order valence-corrected chi connectivity index (χ2v) is 6.34.